The van der Waals surface area contributed by atoms with E-state index in [1.165, 1.54) is 69.2 Å². The van der Waals surface area contributed by atoms with Crippen molar-refractivity contribution >= 4 is 51.8 Å². The Kier molecular flexibility index (Phi) is 13.1. The second-order valence-electron chi connectivity index (χ2n) is 11.8. The maximum Gasteiger partial charge on any atom is 0.270 e. The lowest BCUT2D eigenvalue weighted by atomic mass is 10.0. The Morgan fingerprint density at radius 3 is 2.13 bits per heavy atom. The number of thiocarbonyl (C=S) groups is 1. The average Bonchev–Trinajstić information content (AvgIpc) is 3.31. The Bertz CT molecular complexity index is 1490. The summed E-state index contributed by atoms with van der Waals surface area (Å²) in [4.78, 5) is 33.3. The van der Waals surface area contributed by atoms with Crippen LogP contribution in [0.15, 0.2) is 34.0 Å². The van der Waals surface area contributed by atoms with E-state index in [1.54, 1.807) is 28.5 Å². The highest BCUT2D eigenvalue weighted by Crippen LogP contribution is 2.36. The molecule has 2 aliphatic rings. The van der Waals surface area contributed by atoms with Crippen molar-refractivity contribution in [3.8, 4) is 6.07 Å². The molecular formula is C35H46FN5O2S2. The van der Waals surface area contributed by atoms with Crippen LogP contribution in [0.5, 0.6) is 0 Å². The van der Waals surface area contributed by atoms with Gasteiger partial charge in [-0.2, -0.15) is 5.26 Å². The normalized spacial score (nSPS) is 16.2. The van der Waals surface area contributed by atoms with Gasteiger partial charge in [0.1, 0.15) is 27.6 Å². The number of hydrogen-bond acceptors (Lipinski definition) is 7. The van der Waals surface area contributed by atoms with Crippen LogP contribution in [-0.2, 0) is 11.3 Å². The molecule has 1 amide bonds. The quantitative estimate of drug-likeness (QED) is 0.111. The lowest BCUT2D eigenvalue weighted by Gasteiger charge is -2.39. The van der Waals surface area contributed by atoms with Crippen molar-refractivity contribution in [1.82, 2.24) is 9.47 Å². The molecule has 4 rings (SSSR count). The van der Waals surface area contributed by atoms with Crippen molar-refractivity contribution in [2.75, 3.05) is 42.5 Å². The van der Waals surface area contributed by atoms with Crippen molar-refractivity contribution in [2.24, 2.45) is 0 Å². The lowest BCUT2D eigenvalue weighted by molar-refractivity contribution is -0.122. The molecule has 3 heterocycles. The first-order chi connectivity index (χ1) is 21.8. The first-order valence-corrected chi connectivity index (χ1v) is 17.7. The number of carbonyl (C=O) groups is 1. The number of thioether (sulfide) groups is 1. The maximum absolute atomic E-state index is 14.5. The third-order valence-corrected chi connectivity index (χ3v) is 10.2. The van der Waals surface area contributed by atoms with Gasteiger partial charge in [-0.15, -0.1) is 0 Å². The lowest BCUT2D eigenvalue weighted by Crippen LogP contribution is -2.49. The van der Waals surface area contributed by atoms with Gasteiger partial charge < -0.3 is 9.80 Å². The van der Waals surface area contributed by atoms with E-state index < -0.39 is 0 Å². The Hall–Kier alpha value is -3.16. The Morgan fingerprint density at radius 2 is 1.53 bits per heavy atom. The van der Waals surface area contributed by atoms with Crippen molar-refractivity contribution < 1.29 is 9.18 Å². The molecule has 242 valence electrons. The van der Waals surface area contributed by atoms with Crippen LogP contribution >= 0.6 is 24.0 Å². The summed E-state index contributed by atoms with van der Waals surface area (Å²) in [5.74, 6) is 0.307. The molecule has 2 aromatic rings. The zero-order valence-electron chi connectivity index (χ0n) is 26.9. The van der Waals surface area contributed by atoms with Crippen LogP contribution in [0.1, 0.15) is 94.7 Å². The summed E-state index contributed by atoms with van der Waals surface area (Å²) in [7, 11) is 0. The fourth-order valence-electron chi connectivity index (χ4n) is 6.23. The number of nitriles is 1. The average molecular weight is 652 g/mol. The summed E-state index contributed by atoms with van der Waals surface area (Å²) in [6.07, 6.45) is 14.0. The first kappa shape index (κ1) is 34.7. The number of piperazine rings is 1. The number of unbranched alkanes of at least 4 members (excludes halogenated alkanes) is 9. The minimum atomic E-state index is -0.338. The summed E-state index contributed by atoms with van der Waals surface area (Å²) >= 11 is 6.92. The standard InChI is InChI=1S/C35H46FN5O2S2/c1-4-6-7-8-9-10-11-12-13-16-19-41-34(43)31(45-35(41)44)24-27-26(3)28(25-37)33(42)40(5-2)32(27)39-22-20-38(21-23-39)30-18-15-14-17-29(30)36/h14-15,17-18,24H,4-13,16,19-23H2,1-3H3/b31-24+. The molecule has 0 N–H and O–H groups in total. The van der Waals surface area contributed by atoms with Crippen LogP contribution in [-0.4, -0.2) is 52.4 Å². The highest BCUT2D eigenvalue weighted by Gasteiger charge is 2.33. The topological polar surface area (TPSA) is 72.6 Å². The van der Waals surface area contributed by atoms with Gasteiger partial charge in [0.15, 0.2) is 0 Å². The monoisotopic (exact) mass is 651 g/mol. The van der Waals surface area contributed by atoms with Gasteiger partial charge in [0.05, 0.1) is 10.6 Å². The van der Waals surface area contributed by atoms with Crippen molar-refractivity contribution in [3.05, 3.63) is 62.0 Å². The summed E-state index contributed by atoms with van der Waals surface area (Å²) in [6, 6.07) is 8.85. The highest BCUT2D eigenvalue weighted by atomic mass is 32.2. The fourth-order valence-corrected chi connectivity index (χ4v) is 7.52. The smallest absolute Gasteiger partial charge is 0.270 e. The number of pyridine rings is 1. The Morgan fingerprint density at radius 1 is 0.933 bits per heavy atom. The van der Waals surface area contributed by atoms with Crippen LogP contribution in [0.3, 0.4) is 0 Å². The van der Waals surface area contributed by atoms with Crippen LogP contribution in [0.25, 0.3) is 6.08 Å². The number of nitrogens with zero attached hydrogens (tertiary/aromatic N) is 5. The SMILES string of the molecule is CCCCCCCCCCCCN1C(=O)/C(=C\c2c(C)c(C#N)c(=O)n(CC)c2N2CCN(c3ccccc3F)CC2)SC1=S. The van der Waals surface area contributed by atoms with E-state index in [2.05, 4.69) is 17.9 Å². The molecule has 2 saturated heterocycles. The molecule has 1 aromatic heterocycles. The van der Waals surface area contributed by atoms with E-state index in [0.717, 1.165) is 12.8 Å². The predicted molar refractivity (Wildman–Crippen MR) is 188 cm³/mol. The first-order valence-electron chi connectivity index (χ1n) is 16.5. The molecule has 7 nitrogen and oxygen atoms in total. The second-order valence-corrected chi connectivity index (χ2v) is 13.5. The number of benzene rings is 1. The van der Waals surface area contributed by atoms with Gasteiger partial charge in [-0.05, 0) is 44.0 Å². The van der Waals surface area contributed by atoms with Crippen LogP contribution in [0.2, 0.25) is 0 Å². The summed E-state index contributed by atoms with van der Waals surface area (Å²) in [5, 5.41) is 9.91. The molecular weight excluding hydrogens is 606 g/mol. The molecule has 0 unspecified atom stereocenters. The molecule has 0 spiro atoms. The summed E-state index contributed by atoms with van der Waals surface area (Å²) in [5.41, 5.74) is 1.55. The number of hydrogen-bond donors (Lipinski definition) is 0. The van der Waals surface area contributed by atoms with Crippen LogP contribution < -0.4 is 15.4 Å². The van der Waals surface area contributed by atoms with Gasteiger partial charge in [0, 0.05) is 44.8 Å². The molecule has 0 bridgehead atoms. The number of halogens is 1. The van der Waals surface area contributed by atoms with Crippen molar-refractivity contribution in [2.45, 2.75) is 91.5 Å². The molecule has 1 aromatic carbocycles. The minimum Gasteiger partial charge on any atom is -0.366 e. The molecule has 0 aliphatic carbocycles. The molecule has 0 saturated carbocycles. The highest BCUT2D eigenvalue weighted by molar-refractivity contribution is 8.26. The molecule has 2 fully saturated rings. The van der Waals surface area contributed by atoms with E-state index in [1.807, 2.05) is 24.0 Å². The number of anilines is 2. The van der Waals surface area contributed by atoms with Crippen LogP contribution in [0, 0.1) is 24.1 Å². The van der Waals surface area contributed by atoms with Gasteiger partial charge in [0.2, 0.25) is 0 Å². The molecule has 10 heteroatoms. The van der Waals surface area contributed by atoms with E-state index in [4.69, 9.17) is 12.2 Å². The fraction of sp³-hybridized carbons (Fsp3) is 0.543. The molecule has 2 aliphatic heterocycles. The number of carbonyl (C=O) groups excluding carboxylic acids is 1. The third kappa shape index (κ3) is 8.36. The van der Waals surface area contributed by atoms with Gasteiger partial charge >= 0.3 is 0 Å². The van der Waals surface area contributed by atoms with Gasteiger partial charge in [-0.1, -0.05) is 101 Å². The molecule has 0 atom stereocenters. The summed E-state index contributed by atoms with van der Waals surface area (Å²) in [6.45, 7) is 9.11. The van der Waals surface area contributed by atoms with Gasteiger partial charge in [-0.3, -0.25) is 19.1 Å². The van der Waals surface area contributed by atoms with E-state index in [9.17, 15) is 19.2 Å². The largest absolute Gasteiger partial charge is 0.366 e. The number of para-hydroxylation sites is 1. The summed E-state index contributed by atoms with van der Waals surface area (Å²) < 4.78 is 16.7. The molecule has 45 heavy (non-hydrogen) atoms. The molecule has 0 radical (unpaired) electrons. The maximum atomic E-state index is 14.5. The second kappa shape index (κ2) is 17.0. The Labute approximate surface area is 277 Å². The predicted octanol–water partition coefficient (Wildman–Crippen LogP) is 7.64. The van der Waals surface area contributed by atoms with E-state index >= 15 is 0 Å². The number of aromatic nitrogens is 1. The number of amides is 1. The van der Waals surface area contributed by atoms with Crippen LogP contribution in [0.4, 0.5) is 15.9 Å². The van der Waals surface area contributed by atoms with Gasteiger partial charge in [0.25, 0.3) is 11.5 Å². The van der Waals surface area contributed by atoms with E-state index in [-0.39, 0.29) is 22.8 Å². The zero-order valence-corrected chi connectivity index (χ0v) is 28.6. The van der Waals surface area contributed by atoms with Crippen molar-refractivity contribution in [3.63, 3.8) is 0 Å². The van der Waals surface area contributed by atoms with Gasteiger partial charge in [-0.25, -0.2) is 4.39 Å². The minimum absolute atomic E-state index is 0.0812. The van der Waals surface area contributed by atoms with E-state index in [0.29, 0.717) is 71.1 Å². The Balaban J connectivity index is 1.49. The van der Waals surface area contributed by atoms with Crippen molar-refractivity contribution in [1.29, 1.82) is 5.26 Å². The third-order valence-electron chi connectivity index (χ3n) is 8.82. The number of rotatable bonds is 15. The zero-order chi connectivity index (χ0) is 32.3.